The summed E-state index contributed by atoms with van der Waals surface area (Å²) in [6, 6.07) is 25.4. The maximum Gasteiger partial charge on any atom is 0.211 e. The van der Waals surface area contributed by atoms with Crippen LogP contribution in [0.1, 0.15) is 22.3 Å². The molecule has 3 aromatic rings. The predicted molar refractivity (Wildman–Crippen MR) is 121 cm³/mol. The lowest BCUT2D eigenvalue weighted by Gasteiger charge is -2.06. The number of guanidine groups is 1. The van der Waals surface area contributed by atoms with E-state index in [1.54, 1.807) is 0 Å². The lowest BCUT2D eigenvalue weighted by Crippen LogP contribution is -2.23. The number of benzene rings is 3. The zero-order valence-corrected chi connectivity index (χ0v) is 16.5. The second-order valence-electron chi connectivity index (χ2n) is 6.40. The van der Waals surface area contributed by atoms with Crippen LogP contribution in [-0.2, 0) is 6.61 Å². The van der Waals surface area contributed by atoms with Gasteiger partial charge in [-0.2, -0.15) is 5.10 Å². The maximum absolute atomic E-state index is 5.80. The number of hydrogen-bond acceptors (Lipinski definition) is 4. The van der Waals surface area contributed by atoms with Crippen LogP contribution in [-0.4, -0.2) is 18.2 Å². The summed E-state index contributed by atoms with van der Waals surface area (Å²) < 4.78 is 5.80. The van der Waals surface area contributed by atoms with Gasteiger partial charge in [-0.25, -0.2) is 0 Å². The Morgan fingerprint density at radius 2 is 1.37 bits per heavy atom. The van der Waals surface area contributed by atoms with Gasteiger partial charge in [-0.3, -0.25) is 0 Å². The minimum absolute atomic E-state index is 0.111. The van der Waals surface area contributed by atoms with E-state index in [4.69, 9.17) is 21.9 Å². The zero-order chi connectivity index (χ0) is 21.2. The zero-order valence-electron chi connectivity index (χ0n) is 16.5. The molecule has 0 heterocycles. The molecule has 0 amide bonds. The summed E-state index contributed by atoms with van der Waals surface area (Å²) >= 11 is 0. The van der Waals surface area contributed by atoms with Crippen molar-refractivity contribution in [3.8, 4) is 17.6 Å². The van der Waals surface area contributed by atoms with Crippen LogP contribution in [0.25, 0.3) is 0 Å². The van der Waals surface area contributed by atoms with Crippen molar-refractivity contribution in [1.29, 1.82) is 0 Å². The van der Waals surface area contributed by atoms with Crippen molar-refractivity contribution in [3.05, 3.63) is 101 Å². The molecule has 0 aliphatic heterocycles. The van der Waals surface area contributed by atoms with E-state index in [9.17, 15) is 0 Å². The van der Waals surface area contributed by atoms with Crippen LogP contribution in [0.5, 0.6) is 5.75 Å². The van der Waals surface area contributed by atoms with Crippen LogP contribution in [0.15, 0.2) is 89.1 Å². The second-order valence-corrected chi connectivity index (χ2v) is 6.40. The molecule has 0 radical (unpaired) electrons. The topological polar surface area (TPSA) is 112 Å². The first-order valence-electron chi connectivity index (χ1n) is 9.39. The van der Waals surface area contributed by atoms with E-state index >= 15 is 0 Å². The summed E-state index contributed by atoms with van der Waals surface area (Å²) in [5.41, 5.74) is 20.7. The van der Waals surface area contributed by atoms with Gasteiger partial charge < -0.3 is 21.9 Å². The van der Waals surface area contributed by atoms with Crippen molar-refractivity contribution >= 4 is 11.7 Å². The highest BCUT2D eigenvalue weighted by Crippen LogP contribution is 2.14. The molecular weight excluding hydrogens is 374 g/mol. The molecule has 6 nitrogen and oxygen atoms in total. The Balaban J connectivity index is 1.62. The molecule has 0 bridgehead atoms. The van der Waals surface area contributed by atoms with Crippen LogP contribution in [0.2, 0.25) is 0 Å². The number of rotatable bonds is 6. The molecule has 0 unspecified atom stereocenters. The first kappa shape index (κ1) is 20.6. The SMILES string of the molecule is NC/C(=N\N=C(N)N)c1ccc(C#Cc2ccc(OCc3ccccc3)cc2)cc1. The van der Waals surface area contributed by atoms with Crippen molar-refractivity contribution in [2.75, 3.05) is 6.54 Å². The number of nitrogens with zero attached hydrogens (tertiary/aromatic N) is 2. The molecule has 3 aromatic carbocycles. The van der Waals surface area contributed by atoms with Crippen LogP contribution in [0.3, 0.4) is 0 Å². The number of hydrogen-bond donors (Lipinski definition) is 3. The molecule has 0 saturated carbocycles. The fraction of sp³-hybridized carbons (Fsp3) is 0.0833. The lowest BCUT2D eigenvalue weighted by atomic mass is 10.1. The third-order valence-corrected chi connectivity index (χ3v) is 4.15. The Morgan fingerprint density at radius 1 is 0.767 bits per heavy atom. The average molecular weight is 397 g/mol. The monoisotopic (exact) mass is 397 g/mol. The summed E-state index contributed by atoms with van der Waals surface area (Å²) in [7, 11) is 0. The summed E-state index contributed by atoms with van der Waals surface area (Å²) in [4.78, 5) is 0. The van der Waals surface area contributed by atoms with Crippen LogP contribution < -0.4 is 21.9 Å². The van der Waals surface area contributed by atoms with Crippen LogP contribution in [0, 0.1) is 11.8 Å². The first-order valence-corrected chi connectivity index (χ1v) is 9.39. The molecule has 6 N–H and O–H groups in total. The number of ether oxygens (including phenoxy) is 1. The summed E-state index contributed by atoms with van der Waals surface area (Å²) in [6.45, 7) is 0.760. The highest BCUT2D eigenvalue weighted by molar-refractivity contribution is 6.02. The van der Waals surface area contributed by atoms with Gasteiger partial charge in [0, 0.05) is 17.7 Å². The van der Waals surface area contributed by atoms with Crippen LogP contribution >= 0.6 is 0 Å². The summed E-state index contributed by atoms with van der Waals surface area (Å²) in [5.74, 6) is 6.99. The molecule has 0 fully saturated rings. The minimum Gasteiger partial charge on any atom is -0.489 e. The van der Waals surface area contributed by atoms with E-state index < -0.39 is 0 Å². The van der Waals surface area contributed by atoms with Crippen LogP contribution in [0.4, 0.5) is 0 Å². The van der Waals surface area contributed by atoms with Gasteiger partial charge in [-0.15, -0.1) is 5.10 Å². The lowest BCUT2D eigenvalue weighted by molar-refractivity contribution is 0.306. The van der Waals surface area contributed by atoms with Gasteiger partial charge in [0.1, 0.15) is 12.4 Å². The van der Waals surface area contributed by atoms with E-state index in [1.165, 1.54) is 0 Å². The molecule has 0 saturated heterocycles. The first-order chi connectivity index (χ1) is 14.6. The largest absolute Gasteiger partial charge is 0.489 e. The smallest absolute Gasteiger partial charge is 0.211 e. The van der Waals surface area contributed by atoms with Gasteiger partial charge in [0.15, 0.2) is 0 Å². The number of nitrogens with two attached hydrogens (primary N) is 3. The average Bonchev–Trinajstić information content (AvgIpc) is 2.79. The van der Waals surface area contributed by atoms with Crippen molar-refractivity contribution in [2.24, 2.45) is 27.4 Å². The molecule has 3 rings (SSSR count). The van der Waals surface area contributed by atoms with Crippen molar-refractivity contribution in [1.82, 2.24) is 0 Å². The van der Waals surface area contributed by atoms with Gasteiger partial charge in [0.25, 0.3) is 0 Å². The Labute approximate surface area is 176 Å². The Hall–Kier alpha value is -4.08. The molecule has 30 heavy (non-hydrogen) atoms. The van der Waals surface area contributed by atoms with E-state index in [0.717, 1.165) is 28.0 Å². The van der Waals surface area contributed by atoms with E-state index in [-0.39, 0.29) is 12.5 Å². The summed E-state index contributed by atoms with van der Waals surface area (Å²) in [6.07, 6.45) is 0. The quantitative estimate of drug-likeness (QED) is 0.257. The highest BCUT2D eigenvalue weighted by atomic mass is 16.5. The fourth-order valence-electron chi connectivity index (χ4n) is 2.60. The van der Waals surface area contributed by atoms with E-state index in [2.05, 4.69) is 22.0 Å². The van der Waals surface area contributed by atoms with Gasteiger partial charge in [-0.1, -0.05) is 54.3 Å². The molecule has 6 heteroatoms. The second kappa shape index (κ2) is 10.5. The van der Waals surface area contributed by atoms with Gasteiger partial charge >= 0.3 is 0 Å². The molecule has 150 valence electrons. The van der Waals surface area contributed by atoms with Gasteiger partial charge in [0.2, 0.25) is 5.96 Å². The van der Waals surface area contributed by atoms with Gasteiger partial charge in [-0.05, 0) is 47.5 Å². The Morgan fingerprint density at radius 3 is 1.93 bits per heavy atom. The molecular formula is C24H23N5O. The Bertz CT molecular complexity index is 1070. The van der Waals surface area contributed by atoms with E-state index in [1.807, 2.05) is 78.9 Å². The van der Waals surface area contributed by atoms with Crippen molar-refractivity contribution in [2.45, 2.75) is 6.61 Å². The normalized spacial score (nSPS) is 10.6. The van der Waals surface area contributed by atoms with Crippen molar-refractivity contribution in [3.63, 3.8) is 0 Å². The molecule has 0 atom stereocenters. The van der Waals surface area contributed by atoms with Crippen molar-refractivity contribution < 1.29 is 4.74 Å². The fourth-order valence-corrected chi connectivity index (χ4v) is 2.60. The Kier molecular flexibility index (Phi) is 7.20. The van der Waals surface area contributed by atoms with E-state index in [0.29, 0.717) is 12.3 Å². The molecule has 0 aliphatic carbocycles. The third kappa shape index (κ3) is 6.23. The predicted octanol–water partition coefficient (Wildman–Crippen LogP) is 2.60. The third-order valence-electron chi connectivity index (χ3n) is 4.15. The molecule has 0 aromatic heterocycles. The molecule has 0 spiro atoms. The van der Waals surface area contributed by atoms with Gasteiger partial charge in [0.05, 0.1) is 5.71 Å². The maximum atomic E-state index is 5.80. The summed E-state index contributed by atoms with van der Waals surface area (Å²) in [5, 5.41) is 7.61. The highest BCUT2D eigenvalue weighted by Gasteiger charge is 2.01. The molecule has 0 aliphatic rings. The standard InChI is InChI=1S/C24H23N5O/c25-16-23(28-29-24(26)27)21-12-8-18(9-13-21)6-7-19-10-14-22(15-11-19)30-17-20-4-2-1-3-5-20/h1-5,8-15H,16-17,25H2,(H4,26,27,29)/b28-23+. The minimum atomic E-state index is -0.111.